The van der Waals surface area contributed by atoms with Crippen molar-refractivity contribution in [2.75, 3.05) is 0 Å². The number of aliphatic hydroxyl groups excluding tert-OH is 1. The van der Waals surface area contributed by atoms with E-state index in [0.717, 1.165) is 24.0 Å². The number of hydrogen-bond donors (Lipinski definition) is 1. The van der Waals surface area contributed by atoms with Gasteiger partial charge in [-0.15, -0.1) is 0 Å². The molecule has 0 aliphatic heterocycles. The van der Waals surface area contributed by atoms with Gasteiger partial charge < -0.3 is 9.84 Å². The van der Waals surface area contributed by atoms with Crippen LogP contribution < -0.4 is 0 Å². The molecule has 0 amide bonds. The maximum Gasteiger partial charge on any atom is 0.338 e. The van der Waals surface area contributed by atoms with E-state index < -0.39 is 34.9 Å². The first kappa shape index (κ1) is 28.9. The second kappa shape index (κ2) is 10.3. The molecule has 1 aromatic rings. The summed E-state index contributed by atoms with van der Waals surface area (Å²) in [5, 5.41) is 11.6. The summed E-state index contributed by atoms with van der Waals surface area (Å²) < 4.78 is 5.93. The van der Waals surface area contributed by atoms with E-state index in [-0.39, 0.29) is 53.4 Å². The highest BCUT2D eigenvalue weighted by Crippen LogP contribution is 2.66. The molecular weight excluding hydrogens is 504 g/mol. The van der Waals surface area contributed by atoms with Gasteiger partial charge in [-0.1, -0.05) is 59.7 Å². The molecule has 1 N–H and O–H groups in total. The Labute approximate surface area is 237 Å². The molecule has 0 spiro atoms. The van der Waals surface area contributed by atoms with E-state index in [1.54, 1.807) is 24.3 Å². The Kier molecular flexibility index (Phi) is 7.48. The molecule has 0 aromatic heterocycles. The molecule has 6 heteroatoms. The lowest BCUT2D eigenvalue weighted by Gasteiger charge is -2.47. The lowest BCUT2D eigenvalue weighted by Crippen LogP contribution is -2.47. The van der Waals surface area contributed by atoms with Crippen LogP contribution in [0, 0.1) is 46.3 Å². The zero-order valence-corrected chi connectivity index (χ0v) is 24.7. The second-order valence-corrected chi connectivity index (χ2v) is 13.9. The van der Waals surface area contributed by atoms with Crippen LogP contribution >= 0.6 is 0 Å². The van der Waals surface area contributed by atoms with Crippen molar-refractivity contribution in [3.63, 3.8) is 0 Å². The molecule has 0 radical (unpaired) electrons. The molecule has 9 unspecified atom stereocenters. The predicted octanol–water partition coefficient (Wildman–Crippen LogP) is 5.76. The fourth-order valence-electron chi connectivity index (χ4n) is 8.74. The molecule has 0 saturated heterocycles. The van der Waals surface area contributed by atoms with E-state index in [1.165, 1.54) is 0 Å². The Hall–Kier alpha value is -2.60. The number of ether oxygens (including phenoxy) is 1. The summed E-state index contributed by atoms with van der Waals surface area (Å²) in [5.74, 6) is -1.33. The second-order valence-electron chi connectivity index (χ2n) is 13.9. The number of carbonyl (C=O) groups is 4. The van der Waals surface area contributed by atoms with E-state index in [4.69, 9.17) is 4.74 Å². The highest BCUT2D eigenvalue weighted by molar-refractivity contribution is 6.05. The first-order chi connectivity index (χ1) is 18.8. The summed E-state index contributed by atoms with van der Waals surface area (Å²) in [4.78, 5) is 53.4. The van der Waals surface area contributed by atoms with Gasteiger partial charge in [-0.3, -0.25) is 14.4 Å². The van der Waals surface area contributed by atoms with Crippen LogP contribution in [-0.2, 0) is 19.1 Å². The molecular formula is C34H44O6. The molecule has 1 aromatic carbocycles. The van der Waals surface area contributed by atoms with E-state index >= 15 is 0 Å². The monoisotopic (exact) mass is 548 g/mol. The number of esters is 1. The fraction of sp³-hybridized carbons (Fsp3) is 0.647. The molecule has 4 aliphatic carbocycles. The van der Waals surface area contributed by atoms with Crippen LogP contribution in [0.5, 0.6) is 0 Å². The molecule has 0 bridgehead atoms. The van der Waals surface area contributed by atoms with Gasteiger partial charge in [-0.25, -0.2) is 4.79 Å². The van der Waals surface area contributed by atoms with E-state index in [9.17, 15) is 24.3 Å². The van der Waals surface area contributed by atoms with Gasteiger partial charge in [0.2, 0.25) is 0 Å². The topological polar surface area (TPSA) is 97.7 Å². The molecule has 6 nitrogen and oxygen atoms in total. The minimum atomic E-state index is -0.880. The summed E-state index contributed by atoms with van der Waals surface area (Å²) in [6, 6.07) is 8.76. The maximum atomic E-state index is 14.2. The van der Waals surface area contributed by atoms with Crippen LogP contribution in [0.4, 0.5) is 0 Å². The highest BCUT2D eigenvalue weighted by Gasteiger charge is 2.64. The third kappa shape index (κ3) is 4.42. The van der Waals surface area contributed by atoms with Crippen molar-refractivity contribution < 1.29 is 29.0 Å². The Bertz CT molecular complexity index is 1250. The zero-order valence-electron chi connectivity index (χ0n) is 24.7. The Balaban J connectivity index is 1.43. The number of ketones is 3. The minimum Gasteiger partial charge on any atom is -0.450 e. The van der Waals surface area contributed by atoms with Crippen molar-refractivity contribution >= 4 is 23.3 Å². The number of Topliss-reactive ketones (excluding diaryl/α,β-unsaturated/α-hetero) is 3. The van der Waals surface area contributed by atoms with Gasteiger partial charge in [-0.05, 0) is 66.6 Å². The summed E-state index contributed by atoms with van der Waals surface area (Å²) >= 11 is 0. The molecule has 216 valence electrons. The van der Waals surface area contributed by atoms with Crippen molar-refractivity contribution in [3.05, 3.63) is 47.0 Å². The number of benzene rings is 1. The fourth-order valence-corrected chi connectivity index (χ4v) is 8.74. The molecule has 5 rings (SSSR count). The van der Waals surface area contributed by atoms with Gasteiger partial charge in [0.1, 0.15) is 5.78 Å². The number of aliphatic hydroxyl groups is 1. The van der Waals surface area contributed by atoms with Gasteiger partial charge >= 0.3 is 5.97 Å². The average Bonchev–Trinajstić information content (AvgIpc) is 3.37. The van der Waals surface area contributed by atoms with E-state index in [2.05, 4.69) is 13.8 Å². The van der Waals surface area contributed by atoms with Crippen LogP contribution in [0.1, 0.15) is 90.4 Å². The smallest absolute Gasteiger partial charge is 0.338 e. The number of rotatable bonds is 7. The third-order valence-electron chi connectivity index (χ3n) is 11.4. The number of hydrogen-bond acceptors (Lipinski definition) is 6. The van der Waals surface area contributed by atoms with E-state index in [0.29, 0.717) is 24.8 Å². The molecule has 9 atom stereocenters. The first-order valence-corrected chi connectivity index (χ1v) is 15.1. The van der Waals surface area contributed by atoms with Crippen molar-refractivity contribution in [2.24, 2.45) is 46.3 Å². The summed E-state index contributed by atoms with van der Waals surface area (Å²) in [5.41, 5.74) is 1.16. The molecule has 0 heterocycles. The van der Waals surface area contributed by atoms with Crippen molar-refractivity contribution in [2.45, 2.75) is 92.3 Å². The van der Waals surface area contributed by atoms with Gasteiger partial charge in [0.15, 0.2) is 17.7 Å². The number of allylic oxidation sites excluding steroid dienone is 1. The minimum absolute atomic E-state index is 0.0379. The Morgan fingerprint density at radius 1 is 1.00 bits per heavy atom. The van der Waals surface area contributed by atoms with Crippen molar-refractivity contribution in [1.29, 1.82) is 0 Å². The van der Waals surface area contributed by atoms with Gasteiger partial charge in [0, 0.05) is 41.6 Å². The maximum absolute atomic E-state index is 14.2. The number of fused-ring (bicyclic) bond motifs is 4. The van der Waals surface area contributed by atoms with Crippen LogP contribution in [-0.4, -0.2) is 40.6 Å². The van der Waals surface area contributed by atoms with Crippen LogP contribution in [0.15, 0.2) is 41.5 Å². The van der Waals surface area contributed by atoms with Gasteiger partial charge in [0.25, 0.3) is 0 Å². The lowest BCUT2D eigenvalue weighted by atomic mass is 9.57. The largest absolute Gasteiger partial charge is 0.450 e. The normalized spacial score (nSPS) is 35.6. The summed E-state index contributed by atoms with van der Waals surface area (Å²) in [7, 11) is 0. The zero-order chi connectivity index (χ0) is 29.1. The Morgan fingerprint density at radius 2 is 1.68 bits per heavy atom. The summed E-state index contributed by atoms with van der Waals surface area (Å²) in [6.07, 6.45) is 1.73. The van der Waals surface area contributed by atoms with Crippen LogP contribution in [0.2, 0.25) is 0 Å². The molecule has 2 saturated carbocycles. The van der Waals surface area contributed by atoms with E-state index in [1.807, 2.05) is 33.8 Å². The first-order valence-electron chi connectivity index (χ1n) is 15.1. The Morgan fingerprint density at radius 3 is 2.33 bits per heavy atom. The SMILES string of the molecule is CC(C)C(C)C(OC(=O)c1ccccc1)C(=O)C(C)C1CCC2C3=C(C(O)CC21C)C1(C)CCC(=O)CC1C3=O. The summed E-state index contributed by atoms with van der Waals surface area (Å²) in [6.45, 7) is 12.1. The van der Waals surface area contributed by atoms with Gasteiger partial charge in [-0.2, -0.15) is 0 Å². The third-order valence-corrected chi connectivity index (χ3v) is 11.4. The average molecular weight is 549 g/mol. The van der Waals surface area contributed by atoms with Crippen LogP contribution in [0.3, 0.4) is 0 Å². The van der Waals surface area contributed by atoms with Crippen molar-refractivity contribution in [3.8, 4) is 0 Å². The van der Waals surface area contributed by atoms with Gasteiger partial charge in [0.05, 0.1) is 11.7 Å². The quantitative estimate of drug-likeness (QED) is 0.435. The highest BCUT2D eigenvalue weighted by atomic mass is 16.5. The number of carbonyl (C=O) groups excluding carboxylic acids is 4. The lowest BCUT2D eigenvalue weighted by molar-refractivity contribution is -0.138. The van der Waals surface area contributed by atoms with Crippen LogP contribution in [0.25, 0.3) is 0 Å². The molecule has 2 fully saturated rings. The molecule has 40 heavy (non-hydrogen) atoms. The molecule has 4 aliphatic rings. The predicted molar refractivity (Wildman–Crippen MR) is 151 cm³/mol. The van der Waals surface area contributed by atoms with Crippen molar-refractivity contribution in [1.82, 2.24) is 0 Å². The standard InChI is InChI=1S/C34H44O6/c1-18(2)19(3)31(40-32(39)21-10-8-7-9-11-21)29(37)20(4)23-12-13-24-27-28(26(36)17-34(23,24)6)33(5)15-14-22(35)16-25(33)30(27)38/h7-11,18-20,23-26,31,36H,12-17H2,1-6H3.